The fourth-order valence-electron chi connectivity index (χ4n) is 3.24. The number of hydrogen-bond donors (Lipinski definition) is 0. The number of rotatable bonds is 0. The quantitative estimate of drug-likeness (QED) is 0.190. The Bertz CT molecular complexity index is 1360. The zero-order valence-electron chi connectivity index (χ0n) is 18.4. The van der Waals surface area contributed by atoms with Crippen molar-refractivity contribution >= 4 is 70.6 Å². The van der Waals surface area contributed by atoms with Crippen molar-refractivity contribution in [2.45, 2.75) is 0 Å². The number of hydrogen-bond acceptors (Lipinski definition) is 9. The van der Waals surface area contributed by atoms with Crippen LogP contribution in [0.25, 0.3) is 0 Å². The summed E-state index contributed by atoms with van der Waals surface area (Å²) in [6.45, 7) is 0. The van der Waals surface area contributed by atoms with E-state index >= 15 is 0 Å². The summed E-state index contributed by atoms with van der Waals surface area (Å²) < 4.78 is 50.7. The Labute approximate surface area is 228 Å². The normalized spacial score (nSPS) is 14.3. The zero-order valence-corrected chi connectivity index (χ0v) is 20.7. The molecule has 9 nitrogen and oxygen atoms in total. The SMILES string of the molecule is O=C1OC(=O)c2cc(Cl)c(Cl)cc21.O=C1OC(=O)c2cc(Cl)c(F)cc21.O=C1OC(=O)c2cc(F)c(F)cc21. The number of fused-ring (bicyclic) bond motifs is 3. The largest absolute Gasteiger partial charge is 0.386 e. The van der Waals surface area contributed by atoms with Crippen molar-refractivity contribution in [2.24, 2.45) is 0 Å². The Morgan fingerprint density at radius 3 is 0.923 bits per heavy atom. The fraction of sp³-hybridized carbons (Fsp3) is 0. The second-order valence-electron chi connectivity index (χ2n) is 7.47. The van der Waals surface area contributed by atoms with Crippen LogP contribution in [0.1, 0.15) is 62.1 Å². The third kappa shape index (κ3) is 5.35. The van der Waals surface area contributed by atoms with E-state index in [-0.39, 0.29) is 48.4 Å². The van der Waals surface area contributed by atoms with Gasteiger partial charge < -0.3 is 14.2 Å². The second-order valence-corrected chi connectivity index (χ2v) is 8.69. The molecule has 39 heavy (non-hydrogen) atoms. The summed E-state index contributed by atoms with van der Waals surface area (Å²) in [7, 11) is 0. The van der Waals surface area contributed by atoms with Crippen LogP contribution in [0.15, 0.2) is 36.4 Å². The van der Waals surface area contributed by atoms with Crippen LogP contribution in [-0.2, 0) is 14.2 Å². The number of ether oxygens (including phenoxy) is 3. The molecule has 0 saturated heterocycles. The average Bonchev–Trinajstić information content (AvgIpc) is 3.41. The lowest BCUT2D eigenvalue weighted by atomic mass is 10.1. The van der Waals surface area contributed by atoms with Crippen LogP contribution in [0, 0.1) is 17.5 Å². The van der Waals surface area contributed by atoms with E-state index in [2.05, 4.69) is 14.2 Å². The number of benzene rings is 3. The van der Waals surface area contributed by atoms with Gasteiger partial charge in [-0.3, -0.25) is 0 Å². The molecular formula is C24H6Cl3F3O9. The smallest absolute Gasteiger partial charge is 0.347 e. The lowest BCUT2D eigenvalue weighted by molar-refractivity contribution is 0.0425. The van der Waals surface area contributed by atoms with Gasteiger partial charge in [-0.2, -0.15) is 0 Å². The van der Waals surface area contributed by atoms with E-state index in [1.165, 1.54) is 12.1 Å². The molecular weight excluding hydrogens is 596 g/mol. The van der Waals surface area contributed by atoms with Crippen LogP contribution in [0.4, 0.5) is 13.2 Å². The predicted molar refractivity (Wildman–Crippen MR) is 123 cm³/mol. The summed E-state index contributed by atoms with van der Waals surface area (Å²) in [5, 5.41) is 0.254. The molecule has 0 atom stereocenters. The van der Waals surface area contributed by atoms with E-state index in [1.54, 1.807) is 0 Å². The number of halogens is 6. The van der Waals surface area contributed by atoms with Gasteiger partial charge in [-0.05, 0) is 36.4 Å². The van der Waals surface area contributed by atoms with Gasteiger partial charge in [0.2, 0.25) is 0 Å². The van der Waals surface area contributed by atoms with Gasteiger partial charge in [0.15, 0.2) is 11.6 Å². The molecule has 0 fully saturated rings. The van der Waals surface area contributed by atoms with Crippen molar-refractivity contribution in [3.63, 3.8) is 0 Å². The van der Waals surface area contributed by atoms with E-state index in [0.717, 1.165) is 12.1 Å². The van der Waals surface area contributed by atoms with Crippen molar-refractivity contribution in [1.29, 1.82) is 0 Å². The molecule has 3 aromatic carbocycles. The molecule has 0 spiro atoms. The average molecular weight is 602 g/mol. The van der Waals surface area contributed by atoms with Gasteiger partial charge in [0.1, 0.15) is 5.82 Å². The maximum atomic E-state index is 12.8. The first kappa shape index (κ1) is 27.8. The van der Waals surface area contributed by atoms with Gasteiger partial charge in [-0.25, -0.2) is 41.9 Å². The van der Waals surface area contributed by atoms with E-state index in [1.807, 2.05) is 0 Å². The Kier molecular flexibility index (Phi) is 7.46. The standard InChI is InChI=1S/C8H2Cl2O3.C8H2ClFO3.C8H2F2O3/c3*9-5-1-3-4(2-6(5)10)8(12)13-7(3)11/h3*1-2H. The number of carbonyl (C=O) groups excluding carboxylic acids is 6. The van der Waals surface area contributed by atoms with Crippen molar-refractivity contribution in [1.82, 2.24) is 0 Å². The monoisotopic (exact) mass is 600 g/mol. The maximum Gasteiger partial charge on any atom is 0.347 e. The lowest BCUT2D eigenvalue weighted by Crippen LogP contribution is -1.96. The van der Waals surface area contributed by atoms with Gasteiger partial charge in [0.25, 0.3) is 0 Å². The van der Waals surface area contributed by atoms with Crippen LogP contribution in [0.2, 0.25) is 15.1 Å². The molecule has 0 N–H and O–H groups in total. The van der Waals surface area contributed by atoms with Crippen LogP contribution in [0.5, 0.6) is 0 Å². The zero-order chi connectivity index (χ0) is 28.8. The number of esters is 6. The number of carbonyl (C=O) groups is 6. The molecule has 15 heteroatoms. The molecule has 0 radical (unpaired) electrons. The molecule has 0 unspecified atom stereocenters. The third-order valence-electron chi connectivity index (χ3n) is 5.06. The summed E-state index contributed by atoms with van der Waals surface area (Å²) in [6, 6.07) is 5.93. The van der Waals surface area contributed by atoms with Crippen molar-refractivity contribution < 1.29 is 56.1 Å². The molecule has 3 aliphatic heterocycles. The van der Waals surface area contributed by atoms with Gasteiger partial charge in [-0.15, -0.1) is 0 Å². The van der Waals surface area contributed by atoms with Crippen LogP contribution in [0.3, 0.4) is 0 Å². The minimum atomic E-state index is -1.18. The highest BCUT2D eigenvalue weighted by Gasteiger charge is 2.32. The predicted octanol–water partition coefficient (Wildman–Crippen LogP) is 5.37. The van der Waals surface area contributed by atoms with E-state index in [0.29, 0.717) is 12.1 Å². The summed E-state index contributed by atoms with van der Waals surface area (Å²) in [5.41, 5.74) is -0.199. The van der Waals surface area contributed by atoms with Crippen LogP contribution < -0.4 is 0 Å². The van der Waals surface area contributed by atoms with Crippen LogP contribution >= 0.6 is 34.8 Å². The van der Waals surface area contributed by atoms with Gasteiger partial charge in [0, 0.05) is 0 Å². The molecule has 0 bridgehead atoms. The Balaban J connectivity index is 0.000000136. The highest BCUT2D eigenvalue weighted by atomic mass is 35.5. The molecule has 0 aromatic heterocycles. The van der Waals surface area contributed by atoms with Gasteiger partial charge >= 0.3 is 35.8 Å². The Morgan fingerprint density at radius 2 is 0.615 bits per heavy atom. The molecule has 198 valence electrons. The topological polar surface area (TPSA) is 130 Å². The third-order valence-corrected chi connectivity index (χ3v) is 6.07. The minimum Gasteiger partial charge on any atom is -0.386 e. The minimum absolute atomic E-state index is 0.0106. The molecule has 3 heterocycles. The lowest BCUT2D eigenvalue weighted by Gasteiger charge is -1.95. The molecule has 6 rings (SSSR count). The van der Waals surface area contributed by atoms with Crippen LogP contribution in [-0.4, -0.2) is 35.8 Å². The van der Waals surface area contributed by atoms with Crippen molar-refractivity contribution in [3.8, 4) is 0 Å². The van der Waals surface area contributed by atoms with Gasteiger partial charge in [-0.1, -0.05) is 34.8 Å². The molecule has 3 aliphatic rings. The highest BCUT2D eigenvalue weighted by molar-refractivity contribution is 6.42. The summed E-state index contributed by atoms with van der Waals surface area (Å²) in [4.78, 5) is 65.4. The summed E-state index contributed by atoms with van der Waals surface area (Å²) >= 11 is 16.7. The maximum absolute atomic E-state index is 12.8. The molecule has 0 saturated carbocycles. The molecule has 0 aliphatic carbocycles. The van der Waals surface area contributed by atoms with Crippen molar-refractivity contribution in [3.05, 3.63) is 102 Å². The van der Waals surface area contributed by atoms with Crippen molar-refractivity contribution in [2.75, 3.05) is 0 Å². The fourth-order valence-corrected chi connectivity index (χ4v) is 3.73. The summed E-state index contributed by atoms with van der Waals surface area (Å²) in [5.74, 6) is -7.98. The molecule has 3 aromatic rings. The van der Waals surface area contributed by atoms with Gasteiger partial charge in [0.05, 0.1) is 48.4 Å². The Morgan fingerprint density at radius 1 is 0.385 bits per heavy atom. The highest BCUT2D eigenvalue weighted by Crippen LogP contribution is 2.30. The van der Waals surface area contributed by atoms with E-state index in [9.17, 15) is 41.9 Å². The first-order valence-corrected chi connectivity index (χ1v) is 11.2. The Hall–Kier alpha value is -4.26. The first-order valence-electron chi connectivity index (χ1n) is 10.0. The van der Waals surface area contributed by atoms with E-state index < -0.39 is 53.3 Å². The summed E-state index contributed by atoms with van der Waals surface area (Å²) in [6.07, 6.45) is 0. The second kappa shape index (κ2) is 10.5. The van der Waals surface area contributed by atoms with E-state index in [4.69, 9.17) is 34.8 Å². The molecule has 0 amide bonds. The number of cyclic esters (lactones) is 6. The first-order chi connectivity index (χ1) is 18.3.